The van der Waals surface area contributed by atoms with E-state index >= 15 is 0 Å². The molecule has 0 saturated heterocycles. The maximum absolute atomic E-state index is 14.0. The minimum Gasteiger partial charge on any atom is -0.463 e. The molecule has 0 spiro atoms. The number of hydrogen-bond acceptors (Lipinski definition) is 9. The van der Waals surface area contributed by atoms with E-state index in [1.165, 1.54) is 37.3 Å². The minimum atomic E-state index is -1.25. The van der Waals surface area contributed by atoms with Gasteiger partial charge in [0.2, 0.25) is 0 Å². The SMILES string of the molecule is C#Cc1cc(F)ccc1[C@@H]1N=C(c2nccs2)N(C(=O)OC(C)(C)C)C(C)=C1C(=O)O[C@H](C)C(=O)OCC. The van der Waals surface area contributed by atoms with Crippen LogP contribution in [0.5, 0.6) is 0 Å². The Kier molecular flexibility index (Phi) is 8.68. The second-order valence-corrected chi connectivity index (χ2v) is 10.1. The van der Waals surface area contributed by atoms with E-state index in [1.54, 1.807) is 39.3 Å². The van der Waals surface area contributed by atoms with Crippen molar-refractivity contribution in [3.8, 4) is 12.3 Å². The van der Waals surface area contributed by atoms with Crippen molar-refractivity contribution in [1.82, 2.24) is 9.88 Å². The first kappa shape index (κ1) is 28.5. The molecule has 0 aliphatic carbocycles. The average molecular weight is 542 g/mol. The summed E-state index contributed by atoms with van der Waals surface area (Å²) < 4.78 is 30.0. The Labute approximate surface area is 224 Å². The first-order valence-electron chi connectivity index (χ1n) is 11.7. The van der Waals surface area contributed by atoms with Crippen LogP contribution in [0.2, 0.25) is 0 Å². The lowest BCUT2D eigenvalue weighted by Gasteiger charge is -2.34. The Morgan fingerprint density at radius 2 is 2.00 bits per heavy atom. The fourth-order valence-electron chi connectivity index (χ4n) is 3.65. The zero-order valence-corrected chi connectivity index (χ0v) is 22.7. The molecule has 9 nitrogen and oxygen atoms in total. The lowest BCUT2D eigenvalue weighted by atomic mass is 9.92. The zero-order chi connectivity index (χ0) is 28.2. The first-order valence-corrected chi connectivity index (χ1v) is 12.6. The lowest BCUT2D eigenvalue weighted by molar-refractivity contribution is -0.164. The maximum atomic E-state index is 14.0. The van der Waals surface area contributed by atoms with Crippen LogP contribution in [0, 0.1) is 18.2 Å². The molecule has 1 amide bonds. The van der Waals surface area contributed by atoms with Crippen LogP contribution in [-0.2, 0) is 23.8 Å². The van der Waals surface area contributed by atoms with Crippen molar-refractivity contribution in [2.24, 2.45) is 4.99 Å². The summed E-state index contributed by atoms with van der Waals surface area (Å²) in [5.41, 5.74) is -0.357. The average Bonchev–Trinajstić information content (AvgIpc) is 3.37. The van der Waals surface area contributed by atoms with Crippen molar-refractivity contribution in [1.29, 1.82) is 0 Å². The zero-order valence-electron chi connectivity index (χ0n) is 21.9. The van der Waals surface area contributed by atoms with Gasteiger partial charge in [0.25, 0.3) is 0 Å². The van der Waals surface area contributed by atoms with E-state index in [1.807, 2.05) is 0 Å². The quantitative estimate of drug-likeness (QED) is 0.295. The Morgan fingerprint density at radius 3 is 2.58 bits per heavy atom. The molecule has 0 fully saturated rings. The first-order chi connectivity index (χ1) is 17.9. The molecule has 1 aliphatic rings. The summed E-state index contributed by atoms with van der Waals surface area (Å²) in [6.07, 6.45) is 5.15. The molecule has 1 aromatic carbocycles. The Hall–Kier alpha value is -4.04. The minimum absolute atomic E-state index is 0.0876. The van der Waals surface area contributed by atoms with E-state index in [0.717, 1.165) is 11.0 Å². The number of benzene rings is 1. The number of aromatic nitrogens is 1. The van der Waals surface area contributed by atoms with E-state index < -0.39 is 41.6 Å². The number of terminal acetylenes is 1. The molecule has 0 unspecified atom stereocenters. The molecular weight excluding hydrogens is 513 g/mol. The van der Waals surface area contributed by atoms with Gasteiger partial charge in [-0.3, -0.25) is 4.99 Å². The van der Waals surface area contributed by atoms with Crippen molar-refractivity contribution in [2.75, 3.05) is 6.61 Å². The van der Waals surface area contributed by atoms with E-state index in [-0.39, 0.29) is 29.3 Å². The molecule has 200 valence electrons. The van der Waals surface area contributed by atoms with Crippen LogP contribution in [0.4, 0.5) is 9.18 Å². The summed E-state index contributed by atoms with van der Waals surface area (Å²) in [5, 5.41) is 2.08. The largest absolute Gasteiger partial charge is 0.463 e. The van der Waals surface area contributed by atoms with Gasteiger partial charge in [-0.05, 0) is 59.2 Å². The maximum Gasteiger partial charge on any atom is 0.420 e. The summed E-state index contributed by atoms with van der Waals surface area (Å²) in [5.74, 6) is 0.284. The number of nitrogens with zero attached hydrogens (tertiary/aromatic N) is 3. The Balaban J connectivity index is 2.23. The molecule has 0 radical (unpaired) electrons. The number of rotatable bonds is 6. The molecule has 2 aromatic rings. The van der Waals surface area contributed by atoms with Crippen molar-refractivity contribution < 1.29 is 33.0 Å². The van der Waals surface area contributed by atoms with E-state index in [0.29, 0.717) is 10.6 Å². The Bertz CT molecular complexity index is 1340. The van der Waals surface area contributed by atoms with Gasteiger partial charge in [0.05, 0.1) is 12.2 Å². The van der Waals surface area contributed by atoms with Crippen LogP contribution < -0.4 is 0 Å². The molecule has 1 aromatic heterocycles. The highest BCUT2D eigenvalue weighted by molar-refractivity contribution is 7.11. The van der Waals surface area contributed by atoms with Crippen molar-refractivity contribution in [2.45, 2.75) is 59.3 Å². The highest BCUT2D eigenvalue weighted by Gasteiger charge is 2.41. The molecule has 38 heavy (non-hydrogen) atoms. The molecular formula is C27H28FN3O6S. The van der Waals surface area contributed by atoms with Gasteiger partial charge >= 0.3 is 18.0 Å². The fourth-order valence-corrected chi connectivity index (χ4v) is 4.27. The van der Waals surface area contributed by atoms with Crippen LogP contribution in [-0.4, -0.2) is 52.1 Å². The topological polar surface area (TPSA) is 107 Å². The van der Waals surface area contributed by atoms with Crippen LogP contribution in [0.15, 0.2) is 46.0 Å². The van der Waals surface area contributed by atoms with Gasteiger partial charge in [0.1, 0.15) is 17.5 Å². The Morgan fingerprint density at radius 1 is 1.29 bits per heavy atom. The summed E-state index contributed by atoms with van der Waals surface area (Å²) in [6.45, 7) is 9.70. The van der Waals surface area contributed by atoms with Crippen LogP contribution in [0.3, 0.4) is 0 Å². The number of ether oxygens (including phenoxy) is 3. The van der Waals surface area contributed by atoms with Crippen molar-refractivity contribution >= 4 is 35.2 Å². The number of aliphatic imine (C=N–C) groups is 1. The standard InChI is InChI=1S/C27H28FN3O6S/c1-8-17-14-18(28)10-11-19(17)21-20(25(33)36-16(4)24(32)35-9-2)15(3)31(26(34)37-27(5,6)7)22(30-21)23-29-12-13-38-23/h1,10-14,16,21H,9H2,2-7H3/t16-,21+/m1/s1. The van der Waals surface area contributed by atoms with Crippen LogP contribution in [0.25, 0.3) is 0 Å². The third-order valence-corrected chi connectivity index (χ3v) is 6.02. The number of halogens is 1. The third-order valence-electron chi connectivity index (χ3n) is 5.25. The number of amides is 1. The number of esters is 2. The summed E-state index contributed by atoms with van der Waals surface area (Å²) in [6, 6.07) is 2.64. The summed E-state index contributed by atoms with van der Waals surface area (Å²) in [4.78, 5) is 49.2. The number of thiazole rings is 1. The van der Waals surface area contributed by atoms with Crippen molar-refractivity contribution in [3.63, 3.8) is 0 Å². The van der Waals surface area contributed by atoms with Gasteiger partial charge in [-0.1, -0.05) is 12.0 Å². The summed E-state index contributed by atoms with van der Waals surface area (Å²) in [7, 11) is 0. The number of allylic oxidation sites excluding steroid dienone is 1. The molecule has 1 aliphatic heterocycles. The van der Waals surface area contributed by atoms with E-state index in [2.05, 4.69) is 10.9 Å². The smallest absolute Gasteiger partial charge is 0.420 e. The van der Waals surface area contributed by atoms with Gasteiger partial charge in [0.15, 0.2) is 16.9 Å². The molecule has 0 saturated carbocycles. The normalized spacial score (nSPS) is 16.3. The number of carbonyl (C=O) groups is 3. The molecule has 0 N–H and O–H groups in total. The van der Waals surface area contributed by atoms with Gasteiger partial charge in [-0.2, -0.15) is 0 Å². The molecule has 3 rings (SSSR count). The predicted molar refractivity (Wildman–Crippen MR) is 139 cm³/mol. The highest BCUT2D eigenvalue weighted by atomic mass is 32.1. The van der Waals surface area contributed by atoms with Gasteiger partial charge in [-0.25, -0.2) is 28.7 Å². The van der Waals surface area contributed by atoms with Crippen LogP contribution >= 0.6 is 11.3 Å². The predicted octanol–water partition coefficient (Wildman–Crippen LogP) is 4.77. The number of carbonyl (C=O) groups excluding carboxylic acids is 3. The van der Waals surface area contributed by atoms with Gasteiger partial charge < -0.3 is 14.2 Å². The lowest BCUT2D eigenvalue weighted by Crippen LogP contribution is -2.44. The van der Waals surface area contributed by atoms with Crippen LogP contribution in [0.1, 0.15) is 63.7 Å². The molecule has 2 atom stereocenters. The third kappa shape index (κ3) is 6.26. The fraction of sp³-hybridized carbons (Fsp3) is 0.370. The second kappa shape index (κ2) is 11.6. The molecule has 0 bridgehead atoms. The second-order valence-electron chi connectivity index (χ2n) is 9.18. The summed E-state index contributed by atoms with van der Waals surface area (Å²) >= 11 is 1.22. The molecule has 2 heterocycles. The monoisotopic (exact) mass is 541 g/mol. The van der Waals surface area contributed by atoms with E-state index in [9.17, 15) is 18.8 Å². The van der Waals surface area contributed by atoms with Crippen molar-refractivity contribution in [3.05, 3.63) is 63.0 Å². The van der Waals surface area contributed by atoms with E-state index in [4.69, 9.17) is 25.6 Å². The number of hydrogen-bond donors (Lipinski definition) is 0. The highest BCUT2D eigenvalue weighted by Crippen LogP contribution is 2.38. The van der Waals surface area contributed by atoms with Gasteiger partial charge in [0, 0.05) is 22.8 Å². The molecule has 11 heteroatoms. The number of amidine groups is 1. The van der Waals surface area contributed by atoms with Gasteiger partial charge in [-0.15, -0.1) is 17.8 Å².